The first-order valence-corrected chi connectivity index (χ1v) is 6.06. The molecule has 0 aliphatic heterocycles. The van der Waals surface area contributed by atoms with Gasteiger partial charge in [0.15, 0.2) is 5.82 Å². The molecular weight excluding hydrogens is 222 g/mol. The van der Waals surface area contributed by atoms with Gasteiger partial charge < -0.3 is 10.1 Å². The van der Waals surface area contributed by atoms with Gasteiger partial charge in [0.25, 0.3) is 0 Å². The van der Waals surface area contributed by atoms with E-state index in [2.05, 4.69) is 35.2 Å². The summed E-state index contributed by atoms with van der Waals surface area (Å²) in [6.45, 7) is 5.44. The number of hydrogen-bond acceptors (Lipinski definition) is 5. The maximum Gasteiger partial charge on any atom is 0.158 e. The van der Waals surface area contributed by atoms with Crippen LogP contribution >= 0.6 is 11.3 Å². The van der Waals surface area contributed by atoms with Crippen LogP contribution in [-0.2, 0) is 11.3 Å². The number of anilines is 1. The van der Waals surface area contributed by atoms with Crippen molar-refractivity contribution in [2.24, 2.45) is 0 Å². The number of nitrogens with zero attached hydrogens (tertiary/aromatic N) is 2. The van der Waals surface area contributed by atoms with Crippen molar-refractivity contribution in [3.63, 3.8) is 0 Å². The smallest absolute Gasteiger partial charge is 0.158 e. The minimum atomic E-state index is 0.450. The standard InChI is InChI=1S/C11H15N3OS/c1-4-12-10-8-5-7(2)16-11(8)14-9(13-10)6-15-3/h5H,4,6H2,1-3H3,(H,12,13,14). The van der Waals surface area contributed by atoms with E-state index in [0.29, 0.717) is 6.61 Å². The Kier molecular flexibility index (Phi) is 3.36. The van der Waals surface area contributed by atoms with E-state index in [1.807, 2.05) is 0 Å². The molecule has 1 N–H and O–H groups in total. The molecule has 0 aromatic carbocycles. The molecule has 86 valence electrons. The maximum atomic E-state index is 5.07. The molecule has 2 rings (SSSR count). The first kappa shape index (κ1) is 11.3. The normalized spacial score (nSPS) is 10.9. The highest BCUT2D eigenvalue weighted by atomic mass is 32.1. The van der Waals surface area contributed by atoms with Crippen LogP contribution in [0.15, 0.2) is 6.07 Å². The average molecular weight is 237 g/mol. The Labute approximate surface area is 98.7 Å². The molecule has 0 saturated carbocycles. The number of hydrogen-bond donors (Lipinski definition) is 1. The van der Waals surface area contributed by atoms with Crippen molar-refractivity contribution in [2.45, 2.75) is 20.5 Å². The van der Waals surface area contributed by atoms with Gasteiger partial charge in [-0.15, -0.1) is 11.3 Å². The summed E-state index contributed by atoms with van der Waals surface area (Å²) in [6, 6.07) is 2.12. The summed E-state index contributed by atoms with van der Waals surface area (Å²) in [5.41, 5.74) is 0. The zero-order valence-corrected chi connectivity index (χ0v) is 10.5. The van der Waals surface area contributed by atoms with Gasteiger partial charge in [-0.3, -0.25) is 0 Å². The quantitative estimate of drug-likeness (QED) is 0.887. The molecule has 0 unspecified atom stereocenters. The van der Waals surface area contributed by atoms with E-state index in [4.69, 9.17) is 4.74 Å². The number of fused-ring (bicyclic) bond motifs is 1. The van der Waals surface area contributed by atoms with Crippen LogP contribution in [0.5, 0.6) is 0 Å². The number of methoxy groups -OCH3 is 1. The number of ether oxygens (including phenoxy) is 1. The molecule has 0 aliphatic carbocycles. The predicted octanol–water partition coefficient (Wildman–Crippen LogP) is 2.58. The van der Waals surface area contributed by atoms with Gasteiger partial charge in [-0.05, 0) is 19.9 Å². The molecule has 0 radical (unpaired) electrons. The Balaban J connectivity index is 2.53. The molecular formula is C11H15N3OS. The van der Waals surface area contributed by atoms with E-state index in [-0.39, 0.29) is 0 Å². The van der Waals surface area contributed by atoms with Crippen molar-refractivity contribution in [3.05, 3.63) is 16.8 Å². The Bertz CT molecular complexity index is 495. The molecule has 2 heterocycles. The van der Waals surface area contributed by atoms with E-state index in [1.165, 1.54) is 4.88 Å². The summed E-state index contributed by atoms with van der Waals surface area (Å²) >= 11 is 1.69. The van der Waals surface area contributed by atoms with Crippen molar-refractivity contribution < 1.29 is 4.74 Å². The Hall–Kier alpha value is -1.20. The minimum Gasteiger partial charge on any atom is -0.377 e. The van der Waals surface area contributed by atoms with E-state index >= 15 is 0 Å². The fourth-order valence-corrected chi connectivity index (χ4v) is 2.48. The second-order valence-electron chi connectivity index (χ2n) is 3.53. The van der Waals surface area contributed by atoms with Crippen molar-refractivity contribution >= 4 is 27.4 Å². The molecule has 16 heavy (non-hydrogen) atoms. The summed E-state index contributed by atoms with van der Waals surface area (Å²) in [7, 11) is 1.65. The Morgan fingerprint density at radius 2 is 2.25 bits per heavy atom. The van der Waals surface area contributed by atoms with Gasteiger partial charge in [-0.1, -0.05) is 0 Å². The van der Waals surface area contributed by atoms with E-state index in [0.717, 1.165) is 28.4 Å². The fraction of sp³-hybridized carbons (Fsp3) is 0.455. The van der Waals surface area contributed by atoms with Crippen molar-refractivity contribution in [2.75, 3.05) is 19.0 Å². The first-order chi connectivity index (χ1) is 7.74. The second kappa shape index (κ2) is 4.76. The fourth-order valence-electron chi connectivity index (χ4n) is 1.58. The van der Waals surface area contributed by atoms with Crippen LogP contribution in [0.25, 0.3) is 10.2 Å². The van der Waals surface area contributed by atoms with Crippen molar-refractivity contribution in [1.82, 2.24) is 9.97 Å². The number of aromatic nitrogens is 2. The molecule has 0 amide bonds. The zero-order chi connectivity index (χ0) is 11.5. The largest absolute Gasteiger partial charge is 0.377 e. The van der Waals surface area contributed by atoms with Crippen LogP contribution < -0.4 is 5.32 Å². The van der Waals surface area contributed by atoms with Gasteiger partial charge in [-0.2, -0.15) is 0 Å². The molecule has 0 atom stereocenters. The highest BCUT2D eigenvalue weighted by Gasteiger charge is 2.09. The lowest BCUT2D eigenvalue weighted by atomic mass is 10.3. The highest BCUT2D eigenvalue weighted by Crippen LogP contribution is 2.28. The van der Waals surface area contributed by atoms with Crippen LogP contribution in [0.3, 0.4) is 0 Å². The molecule has 0 aliphatic rings. The number of aryl methyl sites for hydroxylation is 1. The zero-order valence-electron chi connectivity index (χ0n) is 9.70. The Morgan fingerprint density at radius 3 is 2.94 bits per heavy atom. The van der Waals surface area contributed by atoms with E-state index < -0.39 is 0 Å². The van der Waals surface area contributed by atoms with Crippen LogP contribution in [-0.4, -0.2) is 23.6 Å². The molecule has 0 fully saturated rings. The van der Waals surface area contributed by atoms with Crippen LogP contribution in [0, 0.1) is 6.92 Å². The SMILES string of the molecule is CCNc1nc(COC)nc2sc(C)cc12. The minimum absolute atomic E-state index is 0.450. The van der Waals surface area contributed by atoms with Crippen LogP contribution in [0.4, 0.5) is 5.82 Å². The van der Waals surface area contributed by atoms with Crippen LogP contribution in [0.2, 0.25) is 0 Å². The second-order valence-corrected chi connectivity index (χ2v) is 4.76. The van der Waals surface area contributed by atoms with Crippen LogP contribution in [0.1, 0.15) is 17.6 Å². The van der Waals surface area contributed by atoms with Crippen molar-refractivity contribution in [1.29, 1.82) is 0 Å². The molecule has 4 nitrogen and oxygen atoms in total. The lowest BCUT2D eigenvalue weighted by molar-refractivity contribution is 0.178. The third-order valence-corrected chi connectivity index (χ3v) is 3.12. The molecule has 0 saturated heterocycles. The molecule has 5 heteroatoms. The summed E-state index contributed by atoms with van der Waals surface area (Å²) < 4.78 is 5.07. The van der Waals surface area contributed by atoms with Gasteiger partial charge in [0, 0.05) is 18.5 Å². The highest BCUT2D eigenvalue weighted by molar-refractivity contribution is 7.18. The van der Waals surface area contributed by atoms with Gasteiger partial charge >= 0.3 is 0 Å². The van der Waals surface area contributed by atoms with Gasteiger partial charge in [0.2, 0.25) is 0 Å². The number of thiophene rings is 1. The molecule has 2 aromatic rings. The first-order valence-electron chi connectivity index (χ1n) is 5.24. The molecule has 0 spiro atoms. The van der Waals surface area contributed by atoms with E-state index in [9.17, 15) is 0 Å². The predicted molar refractivity (Wildman–Crippen MR) is 67.0 cm³/mol. The van der Waals surface area contributed by atoms with Gasteiger partial charge in [0.05, 0.1) is 5.39 Å². The summed E-state index contributed by atoms with van der Waals surface area (Å²) in [4.78, 5) is 11.2. The van der Waals surface area contributed by atoms with Crippen molar-refractivity contribution in [3.8, 4) is 0 Å². The monoisotopic (exact) mass is 237 g/mol. The summed E-state index contributed by atoms with van der Waals surface area (Å²) in [5, 5.41) is 4.36. The average Bonchev–Trinajstić information content (AvgIpc) is 2.60. The topological polar surface area (TPSA) is 47.0 Å². The third kappa shape index (κ3) is 2.15. The van der Waals surface area contributed by atoms with Gasteiger partial charge in [-0.25, -0.2) is 9.97 Å². The maximum absolute atomic E-state index is 5.07. The summed E-state index contributed by atoms with van der Waals surface area (Å²) in [5.74, 6) is 1.64. The van der Waals surface area contributed by atoms with E-state index in [1.54, 1.807) is 18.4 Å². The number of rotatable bonds is 4. The Morgan fingerprint density at radius 1 is 1.44 bits per heavy atom. The summed E-state index contributed by atoms with van der Waals surface area (Å²) in [6.07, 6.45) is 0. The third-order valence-electron chi connectivity index (χ3n) is 2.18. The number of nitrogens with one attached hydrogen (secondary N) is 1. The lowest BCUT2D eigenvalue weighted by Crippen LogP contribution is -2.04. The van der Waals surface area contributed by atoms with Gasteiger partial charge in [0.1, 0.15) is 17.3 Å². The molecule has 0 bridgehead atoms. The lowest BCUT2D eigenvalue weighted by Gasteiger charge is -2.06. The molecule has 2 aromatic heterocycles.